The molecule has 1 aromatic rings. The molecule has 0 aromatic heterocycles. The van der Waals surface area contributed by atoms with Crippen molar-refractivity contribution >= 4 is 24.6 Å². The first kappa shape index (κ1) is 17.7. The molecule has 0 atom stereocenters. The van der Waals surface area contributed by atoms with E-state index in [-0.39, 0.29) is 12.1 Å². The molecule has 1 aliphatic heterocycles. The Morgan fingerprint density at radius 3 is 2.43 bits per heavy atom. The summed E-state index contributed by atoms with van der Waals surface area (Å²) >= 11 is 0. The summed E-state index contributed by atoms with van der Waals surface area (Å²) in [6.45, 7) is 9.63. The van der Waals surface area contributed by atoms with Gasteiger partial charge in [0, 0.05) is 11.5 Å². The minimum atomic E-state index is -0.831. The van der Waals surface area contributed by atoms with Crippen molar-refractivity contribution in [2.45, 2.75) is 45.8 Å². The lowest BCUT2D eigenvalue weighted by molar-refractivity contribution is -0.137. The van der Waals surface area contributed by atoms with Crippen LogP contribution in [0.25, 0.3) is 6.08 Å². The fraction of sp³-hybridized carbons (Fsp3) is 0.471. The number of hydrogen-bond donors (Lipinski definition) is 0. The molecular weight excluding hydrogens is 298 g/mol. The standard InChI is InChI=1S/C17H22BFO4/c1-6-21-14(20)11-10-12-8-7-9-13(19)15(12)18-22-16(2,3)17(4,5)23-18/h7-11H,6H2,1-5H3. The highest BCUT2D eigenvalue weighted by atomic mass is 19.1. The molecule has 4 nitrogen and oxygen atoms in total. The van der Waals surface area contributed by atoms with Gasteiger partial charge in [0.1, 0.15) is 5.82 Å². The van der Waals surface area contributed by atoms with Gasteiger partial charge in [-0.05, 0) is 52.3 Å². The maximum atomic E-state index is 14.4. The third-order valence-electron chi connectivity index (χ3n) is 4.26. The average molecular weight is 320 g/mol. The Hall–Kier alpha value is -1.66. The Kier molecular flexibility index (Phi) is 4.97. The van der Waals surface area contributed by atoms with Crippen molar-refractivity contribution in [3.8, 4) is 0 Å². The van der Waals surface area contributed by atoms with E-state index in [0.29, 0.717) is 5.56 Å². The van der Waals surface area contributed by atoms with Crippen molar-refractivity contribution in [1.82, 2.24) is 0 Å². The monoisotopic (exact) mass is 320 g/mol. The van der Waals surface area contributed by atoms with Crippen molar-refractivity contribution in [3.05, 3.63) is 35.7 Å². The summed E-state index contributed by atoms with van der Waals surface area (Å²) in [4.78, 5) is 11.5. The van der Waals surface area contributed by atoms with Crippen LogP contribution in [-0.4, -0.2) is 30.9 Å². The molecule has 1 aromatic carbocycles. The van der Waals surface area contributed by atoms with Gasteiger partial charge in [0.05, 0.1) is 17.8 Å². The molecule has 0 saturated carbocycles. The zero-order valence-corrected chi connectivity index (χ0v) is 14.2. The molecule has 1 saturated heterocycles. The van der Waals surface area contributed by atoms with Crippen LogP contribution in [0.1, 0.15) is 40.2 Å². The van der Waals surface area contributed by atoms with E-state index in [1.807, 2.05) is 27.7 Å². The molecule has 1 aliphatic rings. The predicted octanol–water partition coefficient (Wildman–Crippen LogP) is 2.70. The van der Waals surface area contributed by atoms with Gasteiger partial charge in [-0.3, -0.25) is 0 Å². The van der Waals surface area contributed by atoms with E-state index in [2.05, 4.69) is 0 Å². The Bertz CT molecular complexity index is 609. The second kappa shape index (κ2) is 6.45. The Labute approximate surface area is 136 Å². The molecule has 1 fully saturated rings. The fourth-order valence-corrected chi connectivity index (χ4v) is 2.26. The number of benzene rings is 1. The van der Waals surface area contributed by atoms with Crippen LogP contribution in [0.4, 0.5) is 4.39 Å². The first-order chi connectivity index (χ1) is 10.7. The van der Waals surface area contributed by atoms with Crippen molar-refractivity contribution < 1.29 is 23.2 Å². The lowest BCUT2D eigenvalue weighted by Gasteiger charge is -2.32. The number of ether oxygens (including phenoxy) is 1. The number of hydrogen-bond acceptors (Lipinski definition) is 4. The molecule has 0 radical (unpaired) electrons. The highest BCUT2D eigenvalue weighted by molar-refractivity contribution is 6.63. The second-order valence-electron chi connectivity index (χ2n) is 6.42. The van der Waals surface area contributed by atoms with Gasteiger partial charge in [-0.2, -0.15) is 0 Å². The molecule has 0 unspecified atom stereocenters. The van der Waals surface area contributed by atoms with E-state index >= 15 is 0 Å². The van der Waals surface area contributed by atoms with Gasteiger partial charge in [-0.25, -0.2) is 9.18 Å². The first-order valence-electron chi connectivity index (χ1n) is 7.67. The lowest BCUT2D eigenvalue weighted by Crippen LogP contribution is -2.41. The predicted molar refractivity (Wildman–Crippen MR) is 87.8 cm³/mol. The fourth-order valence-electron chi connectivity index (χ4n) is 2.26. The van der Waals surface area contributed by atoms with Crippen LogP contribution < -0.4 is 5.46 Å². The van der Waals surface area contributed by atoms with Crippen molar-refractivity contribution in [2.24, 2.45) is 0 Å². The molecule has 0 amide bonds. The summed E-state index contributed by atoms with van der Waals surface area (Å²) in [5.74, 6) is -0.911. The summed E-state index contributed by atoms with van der Waals surface area (Å²) < 4.78 is 31.0. The van der Waals surface area contributed by atoms with Gasteiger partial charge in [-0.15, -0.1) is 0 Å². The highest BCUT2D eigenvalue weighted by Crippen LogP contribution is 2.36. The second-order valence-corrected chi connectivity index (χ2v) is 6.42. The van der Waals surface area contributed by atoms with Crippen molar-refractivity contribution in [3.63, 3.8) is 0 Å². The Morgan fingerprint density at radius 1 is 1.26 bits per heavy atom. The van der Waals surface area contributed by atoms with Gasteiger partial charge in [0.2, 0.25) is 0 Å². The summed E-state index contributed by atoms with van der Waals surface area (Å²) in [7, 11) is -0.831. The molecule has 124 valence electrons. The van der Waals surface area contributed by atoms with Crippen molar-refractivity contribution in [1.29, 1.82) is 0 Å². The SMILES string of the molecule is CCOC(=O)C=Cc1cccc(F)c1B1OC(C)(C)C(C)(C)O1. The maximum Gasteiger partial charge on any atom is 0.498 e. The smallest absolute Gasteiger partial charge is 0.463 e. The van der Waals surface area contributed by atoms with Gasteiger partial charge in [0.25, 0.3) is 0 Å². The Morgan fingerprint density at radius 2 is 1.87 bits per heavy atom. The van der Waals surface area contributed by atoms with Crippen LogP contribution in [0.3, 0.4) is 0 Å². The number of halogens is 1. The summed E-state index contributed by atoms with van der Waals surface area (Å²) in [5.41, 5.74) is -0.326. The molecule has 0 N–H and O–H groups in total. The number of carbonyl (C=O) groups excluding carboxylic acids is 1. The van der Waals surface area contributed by atoms with Crippen LogP contribution in [0, 0.1) is 5.82 Å². The third kappa shape index (κ3) is 3.64. The van der Waals surface area contributed by atoms with Crippen LogP contribution >= 0.6 is 0 Å². The largest absolute Gasteiger partial charge is 0.498 e. The number of esters is 1. The number of carbonyl (C=O) groups is 1. The van der Waals surface area contributed by atoms with Crippen LogP contribution in [0.5, 0.6) is 0 Å². The molecular formula is C17H22BFO4. The minimum absolute atomic E-state index is 0.284. The summed E-state index contributed by atoms with van der Waals surface area (Å²) in [6.07, 6.45) is 2.79. The summed E-state index contributed by atoms with van der Waals surface area (Å²) in [6, 6.07) is 4.64. The highest BCUT2D eigenvalue weighted by Gasteiger charge is 2.52. The maximum absolute atomic E-state index is 14.4. The van der Waals surface area contributed by atoms with Crippen LogP contribution in [0.2, 0.25) is 0 Å². The quantitative estimate of drug-likeness (QED) is 0.486. The van der Waals surface area contributed by atoms with Crippen LogP contribution in [0.15, 0.2) is 24.3 Å². The minimum Gasteiger partial charge on any atom is -0.463 e. The van der Waals surface area contributed by atoms with Gasteiger partial charge >= 0.3 is 13.1 Å². The Balaban J connectivity index is 2.35. The molecule has 2 rings (SSSR count). The van der Waals surface area contributed by atoms with E-state index in [9.17, 15) is 9.18 Å². The molecule has 0 bridgehead atoms. The van der Waals surface area contributed by atoms with E-state index < -0.39 is 30.1 Å². The van der Waals surface area contributed by atoms with Gasteiger partial charge < -0.3 is 14.0 Å². The normalized spacial score (nSPS) is 19.3. The molecule has 0 aliphatic carbocycles. The average Bonchev–Trinajstić information content (AvgIpc) is 2.65. The molecule has 6 heteroatoms. The zero-order valence-electron chi connectivity index (χ0n) is 14.2. The van der Waals surface area contributed by atoms with Gasteiger partial charge in [0.15, 0.2) is 0 Å². The topological polar surface area (TPSA) is 44.8 Å². The molecule has 23 heavy (non-hydrogen) atoms. The molecule has 1 heterocycles. The van der Waals surface area contributed by atoms with E-state index in [1.165, 1.54) is 18.2 Å². The van der Waals surface area contributed by atoms with E-state index in [1.54, 1.807) is 19.1 Å². The van der Waals surface area contributed by atoms with E-state index in [0.717, 1.165) is 0 Å². The van der Waals surface area contributed by atoms with E-state index in [4.69, 9.17) is 14.0 Å². The first-order valence-corrected chi connectivity index (χ1v) is 7.67. The summed E-state index contributed by atoms with van der Waals surface area (Å²) in [5, 5.41) is 0. The number of rotatable bonds is 4. The van der Waals surface area contributed by atoms with Crippen molar-refractivity contribution in [2.75, 3.05) is 6.61 Å². The van der Waals surface area contributed by atoms with Gasteiger partial charge in [-0.1, -0.05) is 12.1 Å². The zero-order chi connectivity index (χ0) is 17.3. The van der Waals surface area contributed by atoms with Crippen LogP contribution in [-0.2, 0) is 18.8 Å². The lowest BCUT2D eigenvalue weighted by atomic mass is 9.75. The molecule has 0 spiro atoms. The third-order valence-corrected chi connectivity index (χ3v) is 4.26.